The molecule has 0 aliphatic rings. The van der Waals surface area contributed by atoms with E-state index in [1.165, 1.54) is 0 Å². The van der Waals surface area contributed by atoms with Crippen LogP contribution in [-0.4, -0.2) is 4.98 Å². The fraction of sp³-hybridized carbons (Fsp3) is 0. The molecule has 0 amide bonds. The fourth-order valence-electron chi connectivity index (χ4n) is 1.07. The average molecular weight is 361 g/mol. The Labute approximate surface area is 98.6 Å². The van der Waals surface area contributed by atoms with Crippen molar-refractivity contribution in [2.24, 2.45) is 0 Å². The van der Waals surface area contributed by atoms with Crippen LogP contribution in [0.3, 0.4) is 0 Å². The summed E-state index contributed by atoms with van der Waals surface area (Å²) < 4.78 is 0. The Morgan fingerprint density at radius 3 is 2.36 bits per heavy atom. The van der Waals surface area contributed by atoms with Crippen molar-refractivity contribution < 1.29 is 20.1 Å². The van der Waals surface area contributed by atoms with E-state index in [1.807, 2.05) is 42.5 Å². The second kappa shape index (κ2) is 6.47. The number of aromatic nitrogens is 1. The van der Waals surface area contributed by atoms with Crippen molar-refractivity contribution in [2.75, 3.05) is 0 Å². The summed E-state index contributed by atoms with van der Waals surface area (Å²) >= 11 is 0. The number of hydrogen-bond donors (Lipinski definition) is 0. The van der Waals surface area contributed by atoms with Crippen molar-refractivity contribution in [1.82, 2.24) is 4.98 Å². The summed E-state index contributed by atoms with van der Waals surface area (Å²) in [6.45, 7) is 0. The Hall–Kier alpha value is -0.981. The standard InChI is InChI=1S/C11H8N.CH3.Ir/c1-2-6-10(7-3-1)11-8-4-5-9-12-11;;/h1-6,8-9H;1H3;/q2*-1;+3. The molecular formula is C12H11IrN+. The van der Waals surface area contributed by atoms with Crippen molar-refractivity contribution in [3.63, 3.8) is 0 Å². The predicted molar refractivity (Wildman–Crippen MR) is 54.9 cm³/mol. The van der Waals surface area contributed by atoms with Crippen LogP contribution in [0.1, 0.15) is 0 Å². The first kappa shape index (κ1) is 13.0. The third-order valence-corrected chi connectivity index (χ3v) is 1.65. The van der Waals surface area contributed by atoms with Crippen LogP contribution in [0.4, 0.5) is 0 Å². The smallest absolute Gasteiger partial charge is 0.358 e. The fourth-order valence-corrected chi connectivity index (χ4v) is 1.07. The second-order valence-corrected chi connectivity index (χ2v) is 2.49. The average Bonchev–Trinajstić information content (AvgIpc) is 2.21. The van der Waals surface area contributed by atoms with Crippen LogP contribution in [-0.2, 0) is 20.1 Å². The van der Waals surface area contributed by atoms with Crippen LogP contribution in [0.5, 0.6) is 0 Å². The van der Waals surface area contributed by atoms with Crippen molar-refractivity contribution >= 4 is 0 Å². The Morgan fingerprint density at radius 2 is 1.79 bits per heavy atom. The van der Waals surface area contributed by atoms with Gasteiger partial charge in [0.05, 0.1) is 0 Å². The molecular weight excluding hydrogens is 350 g/mol. The van der Waals surface area contributed by atoms with Gasteiger partial charge in [-0.25, -0.2) is 0 Å². The van der Waals surface area contributed by atoms with E-state index in [2.05, 4.69) is 11.1 Å². The molecule has 72 valence electrons. The minimum absolute atomic E-state index is 0. The van der Waals surface area contributed by atoms with Gasteiger partial charge in [-0.3, -0.25) is 0 Å². The molecule has 0 fully saturated rings. The number of benzene rings is 1. The van der Waals surface area contributed by atoms with Gasteiger partial charge < -0.3 is 12.4 Å². The minimum atomic E-state index is 0. The maximum Gasteiger partial charge on any atom is 3.00 e. The van der Waals surface area contributed by atoms with Crippen molar-refractivity contribution in [3.8, 4) is 11.3 Å². The number of hydrogen-bond acceptors (Lipinski definition) is 1. The van der Waals surface area contributed by atoms with E-state index in [4.69, 9.17) is 0 Å². The van der Waals surface area contributed by atoms with Crippen molar-refractivity contribution in [3.05, 3.63) is 62.2 Å². The summed E-state index contributed by atoms with van der Waals surface area (Å²) in [6, 6.07) is 16.8. The molecule has 1 heterocycles. The topological polar surface area (TPSA) is 12.9 Å². The molecule has 1 aromatic heterocycles. The van der Waals surface area contributed by atoms with Gasteiger partial charge in [-0.05, 0) is 11.8 Å². The van der Waals surface area contributed by atoms with Crippen LogP contribution in [0.2, 0.25) is 0 Å². The third-order valence-electron chi connectivity index (χ3n) is 1.65. The third kappa shape index (κ3) is 3.06. The zero-order chi connectivity index (χ0) is 8.23. The maximum absolute atomic E-state index is 4.22. The molecule has 1 nitrogen and oxygen atoms in total. The minimum Gasteiger partial charge on any atom is -0.358 e. The summed E-state index contributed by atoms with van der Waals surface area (Å²) in [6.07, 6.45) is 1.79. The number of nitrogens with zero attached hydrogens (tertiary/aromatic N) is 1. The second-order valence-electron chi connectivity index (χ2n) is 2.49. The molecule has 14 heavy (non-hydrogen) atoms. The first-order chi connectivity index (χ1) is 5.97. The molecule has 0 N–H and O–H groups in total. The largest absolute Gasteiger partial charge is 3.00 e. The first-order valence-electron chi connectivity index (χ1n) is 3.85. The molecule has 0 radical (unpaired) electrons. The Bertz CT molecular complexity index is 308. The summed E-state index contributed by atoms with van der Waals surface area (Å²) in [5.41, 5.74) is 2.01. The summed E-state index contributed by atoms with van der Waals surface area (Å²) in [4.78, 5) is 4.22. The molecule has 0 saturated carbocycles. The molecule has 0 aliphatic carbocycles. The molecule has 0 unspecified atom stereocenters. The molecule has 2 rings (SSSR count). The van der Waals surface area contributed by atoms with Gasteiger partial charge in [-0.1, -0.05) is 12.1 Å². The molecule has 2 aromatic rings. The Morgan fingerprint density at radius 1 is 1.00 bits per heavy atom. The van der Waals surface area contributed by atoms with Gasteiger partial charge in [-0.15, -0.1) is 35.9 Å². The van der Waals surface area contributed by atoms with Gasteiger partial charge in [0, 0.05) is 6.20 Å². The normalized spacial score (nSPS) is 8.29. The van der Waals surface area contributed by atoms with Crippen LogP contribution in [0.25, 0.3) is 11.3 Å². The first-order valence-corrected chi connectivity index (χ1v) is 3.85. The van der Waals surface area contributed by atoms with E-state index in [9.17, 15) is 0 Å². The van der Waals surface area contributed by atoms with E-state index in [-0.39, 0.29) is 27.5 Å². The van der Waals surface area contributed by atoms with E-state index < -0.39 is 0 Å². The van der Waals surface area contributed by atoms with E-state index in [1.54, 1.807) is 6.20 Å². The monoisotopic (exact) mass is 362 g/mol. The molecule has 2 heteroatoms. The molecule has 0 spiro atoms. The summed E-state index contributed by atoms with van der Waals surface area (Å²) in [7, 11) is 0. The quantitative estimate of drug-likeness (QED) is 0.712. The zero-order valence-electron chi connectivity index (χ0n) is 7.90. The van der Waals surface area contributed by atoms with Crippen molar-refractivity contribution in [1.29, 1.82) is 0 Å². The Balaban J connectivity index is 0.000000845. The SMILES string of the molecule is [CH3-].[Ir+3].[c-]1ccccc1-c1ccccn1. The van der Waals surface area contributed by atoms with Crippen molar-refractivity contribution in [2.45, 2.75) is 0 Å². The van der Waals surface area contributed by atoms with Gasteiger partial charge >= 0.3 is 20.1 Å². The predicted octanol–water partition coefficient (Wildman–Crippen LogP) is 3.00. The van der Waals surface area contributed by atoms with Gasteiger partial charge in [0.2, 0.25) is 0 Å². The van der Waals surface area contributed by atoms with Crippen LogP contribution >= 0.6 is 0 Å². The molecule has 0 atom stereocenters. The van der Waals surface area contributed by atoms with Crippen LogP contribution in [0.15, 0.2) is 48.7 Å². The van der Waals surface area contributed by atoms with Gasteiger partial charge in [0.25, 0.3) is 0 Å². The van der Waals surface area contributed by atoms with Crippen LogP contribution in [0, 0.1) is 13.5 Å². The molecule has 0 bridgehead atoms. The van der Waals surface area contributed by atoms with Gasteiger partial charge in [-0.2, -0.15) is 0 Å². The maximum atomic E-state index is 4.22. The van der Waals surface area contributed by atoms with Gasteiger partial charge in [0.1, 0.15) is 0 Å². The van der Waals surface area contributed by atoms with Gasteiger partial charge in [0.15, 0.2) is 0 Å². The molecule has 1 aromatic carbocycles. The molecule has 0 aliphatic heterocycles. The van der Waals surface area contributed by atoms with E-state index >= 15 is 0 Å². The number of pyridine rings is 1. The number of rotatable bonds is 1. The Kier molecular flexibility index (Phi) is 6.02. The molecule has 0 saturated heterocycles. The summed E-state index contributed by atoms with van der Waals surface area (Å²) in [5, 5.41) is 0. The summed E-state index contributed by atoms with van der Waals surface area (Å²) in [5.74, 6) is 0. The van der Waals surface area contributed by atoms with E-state index in [0.717, 1.165) is 11.3 Å². The van der Waals surface area contributed by atoms with Crippen LogP contribution < -0.4 is 0 Å². The van der Waals surface area contributed by atoms with E-state index in [0.29, 0.717) is 0 Å². The zero-order valence-corrected chi connectivity index (χ0v) is 10.3.